The molecule has 0 aromatic carbocycles. The first-order valence-corrected chi connectivity index (χ1v) is 4.92. The second-order valence-corrected chi connectivity index (χ2v) is 4.58. The van der Waals surface area contributed by atoms with Crippen molar-refractivity contribution < 1.29 is 14.7 Å². The van der Waals surface area contributed by atoms with Gasteiger partial charge in [0, 0.05) is 12.8 Å². The highest BCUT2D eigenvalue weighted by Crippen LogP contribution is 2.34. The number of rotatable bonds is 0. The Labute approximate surface area is 77.1 Å². The van der Waals surface area contributed by atoms with Crippen LogP contribution in [0.1, 0.15) is 12.8 Å². The van der Waals surface area contributed by atoms with Crippen LogP contribution in [-0.2, 0) is 0 Å². The number of alkyl halides is 1. The molecule has 0 bridgehead atoms. The van der Waals surface area contributed by atoms with Crippen LogP contribution in [0, 0.1) is 0 Å². The van der Waals surface area contributed by atoms with E-state index in [0.29, 0.717) is 6.42 Å². The summed E-state index contributed by atoms with van der Waals surface area (Å²) in [4.78, 5) is 0. The van der Waals surface area contributed by atoms with Crippen molar-refractivity contribution in [3.63, 3.8) is 0 Å². The lowest BCUT2D eigenvalue weighted by atomic mass is 10.3. The molecule has 2 fully saturated rings. The van der Waals surface area contributed by atoms with Crippen LogP contribution < -0.4 is 0 Å². The lowest BCUT2D eigenvalue weighted by Gasteiger charge is -2.32. The van der Waals surface area contributed by atoms with Gasteiger partial charge in [0.15, 0.2) is 5.50 Å². The van der Waals surface area contributed by atoms with Crippen molar-refractivity contribution in [1.29, 1.82) is 0 Å². The number of nitrogens with zero attached hydrogens (tertiary/aromatic N) is 1. The molecule has 2 rings (SSSR count). The summed E-state index contributed by atoms with van der Waals surface area (Å²) >= 11 is 6.14. The molecule has 2 N–H and O–H groups in total. The molecule has 2 heterocycles. The zero-order valence-corrected chi connectivity index (χ0v) is 7.74. The summed E-state index contributed by atoms with van der Waals surface area (Å²) in [5.41, 5.74) is 0.0112. The van der Waals surface area contributed by atoms with Crippen LogP contribution in [0.15, 0.2) is 0 Å². The third kappa shape index (κ3) is 1.25. The second kappa shape index (κ2) is 2.84. The Bertz CT molecular complexity index is 186. The fourth-order valence-corrected chi connectivity index (χ4v) is 2.95. The number of quaternary nitrogens is 1. The van der Waals surface area contributed by atoms with Gasteiger partial charge in [0.1, 0.15) is 25.3 Å². The SMILES string of the molecule is OC1CC[N+]2(C1)CC(O)CC2Cl. The third-order valence-corrected chi connectivity index (χ3v) is 3.71. The van der Waals surface area contributed by atoms with Crippen molar-refractivity contribution >= 4 is 11.6 Å². The van der Waals surface area contributed by atoms with Crippen LogP contribution in [0.5, 0.6) is 0 Å². The number of hydrogen-bond donors (Lipinski definition) is 2. The first-order valence-electron chi connectivity index (χ1n) is 4.48. The van der Waals surface area contributed by atoms with E-state index in [1.807, 2.05) is 0 Å². The fourth-order valence-electron chi connectivity index (χ4n) is 2.49. The van der Waals surface area contributed by atoms with Gasteiger partial charge in [0.25, 0.3) is 0 Å². The summed E-state index contributed by atoms with van der Waals surface area (Å²) in [6.45, 7) is 2.38. The van der Waals surface area contributed by atoms with E-state index in [2.05, 4.69) is 0 Å². The number of aliphatic hydroxyl groups is 2. The van der Waals surface area contributed by atoms with E-state index in [1.54, 1.807) is 0 Å². The van der Waals surface area contributed by atoms with Crippen LogP contribution in [0.3, 0.4) is 0 Å². The molecule has 2 aliphatic heterocycles. The summed E-state index contributed by atoms with van der Waals surface area (Å²) in [6.07, 6.45) is 1.03. The number of halogens is 1. The Morgan fingerprint density at radius 3 is 2.25 bits per heavy atom. The standard InChI is InChI=1S/C8H15ClNO2/c9-8-3-7(12)5-10(8)2-1-6(11)4-10/h6-8,11-12H,1-5H2/q+1. The minimum atomic E-state index is -0.266. The molecular formula is C8H15ClNO2+. The number of aliphatic hydroxyl groups excluding tert-OH is 2. The van der Waals surface area contributed by atoms with Gasteiger partial charge in [-0.2, -0.15) is 0 Å². The van der Waals surface area contributed by atoms with E-state index >= 15 is 0 Å². The maximum Gasteiger partial charge on any atom is 0.167 e. The molecule has 0 aromatic rings. The van der Waals surface area contributed by atoms with Crippen molar-refractivity contribution in [2.45, 2.75) is 30.6 Å². The summed E-state index contributed by atoms with van der Waals surface area (Å²) in [5.74, 6) is 0. The summed E-state index contributed by atoms with van der Waals surface area (Å²) in [7, 11) is 0. The van der Waals surface area contributed by atoms with E-state index in [0.717, 1.165) is 30.5 Å². The van der Waals surface area contributed by atoms with E-state index in [9.17, 15) is 10.2 Å². The van der Waals surface area contributed by atoms with E-state index < -0.39 is 0 Å². The van der Waals surface area contributed by atoms with Crippen molar-refractivity contribution in [3.05, 3.63) is 0 Å². The van der Waals surface area contributed by atoms with E-state index in [4.69, 9.17) is 11.6 Å². The minimum Gasteiger partial charge on any atom is -0.387 e. The smallest absolute Gasteiger partial charge is 0.167 e. The van der Waals surface area contributed by atoms with Crippen LogP contribution >= 0.6 is 11.6 Å². The fraction of sp³-hybridized carbons (Fsp3) is 1.00. The topological polar surface area (TPSA) is 40.5 Å². The maximum atomic E-state index is 9.43. The molecule has 1 spiro atoms. The Balaban J connectivity index is 2.11. The Morgan fingerprint density at radius 1 is 1.17 bits per heavy atom. The molecule has 4 heteroatoms. The highest BCUT2D eigenvalue weighted by Gasteiger charge is 2.49. The molecule has 70 valence electrons. The highest BCUT2D eigenvalue weighted by molar-refractivity contribution is 6.19. The normalized spacial score (nSPS) is 53.8. The average Bonchev–Trinajstić information content (AvgIpc) is 2.43. The Kier molecular flexibility index (Phi) is 2.07. The molecule has 3 nitrogen and oxygen atoms in total. The maximum absolute atomic E-state index is 9.43. The lowest BCUT2D eigenvalue weighted by Crippen LogP contribution is -2.48. The van der Waals surface area contributed by atoms with Crippen LogP contribution in [0.2, 0.25) is 0 Å². The molecular weight excluding hydrogens is 178 g/mol. The van der Waals surface area contributed by atoms with Gasteiger partial charge in [0.2, 0.25) is 0 Å². The van der Waals surface area contributed by atoms with Gasteiger partial charge in [-0.25, -0.2) is 0 Å². The quantitative estimate of drug-likeness (QED) is 0.320. The number of hydrogen-bond acceptors (Lipinski definition) is 2. The predicted molar refractivity (Wildman–Crippen MR) is 45.8 cm³/mol. The molecule has 0 aromatic heterocycles. The van der Waals surface area contributed by atoms with Crippen LogP contribution in [-0.4, -0.2) is 52.0 Å². The zero-order valence-electron chi connectivity index (χ0n) is 6.99. The molecule has 2 aliphatic rings. The van der Waals surface area contributed by atoms with Gasteiger partial charge in [-0.15, -0.1) is 0 Å². The minimum absolute atomic E-state index is 0.0112. The van der Waals surface area contributed by atoms with Crippen molar-refractivity contribution in [1.82, 2.24) is 0 Å². The van der Waals surface area contributed by atoms with Crippen molar-refractivity contribution in [2.75, 3.05) is 19.6 Å². The van der Waals surface area contributed by atoms with Gasteiger partial charge in [-0.3, -0.25) is 0 Å². The Hall–Kier alpha value is 0.170. The zero-order chi connectivity index (χ0) is 8.77. The van der Waals surface area contributed by atoms with Gasteiger partial charge >= 0.3 is 0 Å². The first-order chi connectivity index (χ1) is 5.62. The molecule has 0 saturated carbocycles. The van der Waals surface area contributed by atoms with Gasteiger partial charge in [-0.1, -0.05) is 11.6 Å². The predicted octanol–water partition coefficient (Wildman–Crippen LogP) is -0.103. The summed E-state index contributed by atoms with van der Waals surface area (Å²) in [5, 5.41) is 18.8. The van der Waals surface area contributed by atoms with E-state index in [1.165, 1.54) is 0 Å². The molecule has 12 heavy (non-hydrogen) atoms. The molecule has 0 radical (unpaired) electrons. The summed E-state index contributed by atoms with van der Waals surface area (Å²) < 4.78 is 0.726. The van der Waals surface area contributed by atoms with Crippen LogP contribution in [0.25, 0.3) is 0 Å². The van der Waals surface area contributed by atoms with Gasteiger partial charge in [-0.05, 0) is 0 Å². The lowest BCUT2D eigenvalue weighted by molar-refractivity contribution is -0.918. The molecule has 2 saturated heterocycles. The largest absolute Gasteiger partial charge is 0.387 e. The Morgan fingerprint density at radius 2 is 1.83 bits per heavy atom. The molecule has 4 unspecified atom stereocenters. The van der Waals surface area contributed by atoms with Gasteiger partial charge in [0.05, 0.1) is 6.54 Å². The average molecular weight is 193 g/mol. The van der Waals surface area contributed by atoms with Gasteiger partial charge < -0.3 is 14.7 Å². The van der Waals surface area contributed by atoms with E-state index in [-0.39, 0.29) is 17.7 Å². The van der Waals surface area contributed by atoms with Crippen LogP contribution in [0.4, 0.5) is 0 Å². The first kappa shape index (κ1) is 8.75. The molecule has 4 atom stereocenters. The molecule has 0 aliphatic carbocycles. The molecule has 0 amide bonds. The van der Waals surface area contributed by atoms with Crippen molar-refractivity contribution in [3.8, 4) is 0 Å². The monoisotopic (exact) mass is 192 g/mol. The summed E-state index contributed by atoms with van der Waals surface area (Å²) in [6, 6.07) is 0. The third-order valence-electron chi connectivity index (χ3n) is 3.12. The second-order valence-electron chi connectivity index (χ2n) is 4.07. The highest BCUT2D eigenvalue weighted by atomic mass is 35.5. The van der Waals surface area contributed by atoms with Crippen molar-refractivity contribution in [2.24, 2.45) is 0 Å².